The molecule has 2 saturated heterocycles. The number of likely N-dealkylation sites (tertiary alicyclic amines) is 1. The molecule has 0 aliphatic carbocycles. The highest BCUT2D eigenvalue weighted by Gasteiger charge is 2.43. The van der Waals surface area contributed by atoms with Gasteiger partial charge in [-0.1, -0.05) is 13.8 Å². The van der Waals surface area contributed by atoms with E-state index >= 15 is 0 Å². The Kier molecular flexibility index (Phi) is 3.36. The predicted molar refractivity (Wildman–Crippen MR) is 62.9 cm³/mol. The smallest absolute Gasteiger partial charge is 0.0762 e. The van der Waals surface area contributed by atoms with E-state index < -0.39 is 0 Å². The lowest BCUT2D eigenvalue weighted by molar-refractivity contribution is -0.0539. The summed E-state index contributed by atoms with van der Waals surface area (Å²) in [6, 6.07) is 1.30. The van der Waals surface area contributed by atoms with E-state index in [1.807, 2.05) is 0 Å². The number of ether oxygens (including phenoxy) is 1. The van der Waals surface area contributed by atoms with Crippen LogP contribution in [0.15, 0.2) is 0 Å². The van der Waals surface area contributed by atoms with E-state index in [-0.39, 0.29) is 0 Å². The van der Waals surface area contributed by atoms with Crippen molar-refractivity contribution in [1.82, 2.24) is 4.90 Å². The molecule has 3 unspecified atom stereocenters. The average Bonchev–Trinajstić information content (AvgIpc) is 2.62. The van der Waals surface area contributed by atoms with Gasteiger partial charge in [-0.3, -0.25) is 4.90 Å². The molecule has 2 heterocycles. The topological polar surface area (TPSA) is 12.5 Å². The van der Waals surface area contributed by atoms with Gasteiger partial charge in [0, 0.05) is 18.7 Å². The quantitative estimate of drug-likeness (QED) is 0.696. The highest BCUT2D eigenvalue weighted by atomic mass is 16.5. The second kappa shape index (κ2) is 4.42. The van der Waals surface area contributed by atoms with Crippen molar-refractivity contribution in [1.29, 1.82) is 0 Å². The fourth-order valence-electron chi connectivity index (χ4n) is 3.36. The summed E-state index contributed by atoms with van der Waals surface area (Å²) in [5.74, 6) is 1.55. The van der Waals surface area contributed by atoms with Gasteiger partial charge >= 0.3 is 0 Å². The van der Waals surface area contributed by atoms with E-state index in [0.717, 1.165) is 12.5 Å². The maximum absolute atomic E-state index is 5.97. The third-order valence-electron chi connectivity index (χ3n) is 4.09. The monoisotopic (exact) mass is 211 g/mol. The average molecular weight is 211 g/mol. The summed E-state index contributed by atoms with van der Waals surface area (Å²) in [4.78, 5) is 2.65. The van der Waals surface area contributed by atoms with Crippen LogP contribution in [0.1, 0.15) is 40.5 Å². The van der Waals surface area contributed by atoms with Gasteiger partial charge in [0.15, 0.2) is 0 Å². The lowest BCUT2D eigenvalue weighted by Gasteiger charge is -2.46. The van der Waals surface area contributed by atoms with Crippen molar-refractivity contribution in [3.63, 3.8) is 0 Å². The van der Waals surface area contributed by atoms with E-state index in [4.69, 9.17) is 4.74 Å². The normalized spacial score (nSPS) is 37.6. The standard InChI is InChI=1S/C13H25NO/c1-9(2)12-13-11(6-8-15-13)5-7-14(12)10(3)4/h9-13H,5-8H2,1-4H3. The summed E-state index contributed by atoms with van der Waals surface area (Å²) in [5.41, 5.74) is 0. The summed E-state index contributed by atoms with van der Waals surface area (Å²) >= 11 is 0. The van der Waals surface area contributed by atoms with Crippen LogP contribution < -0.4 is 0 Å². The minimum atomic E-state index is 0.515. The van der Waals surface area contributed by atoms with Crippen LogP contribution in [0.5, 0.6) is 0 Å². The summed E-state index contributed by atoms with van der Waals surface area (Å²) in [5, 5.41) is 0. The van der Waals surface area contributed by atoms with Crippen molar-refractivity contribution in [3.05, 3.63) is 0 Å². The lowest BCUT2D eigenvalue weighted by atomic mass is 9.82. The fourth-order valence-corrected chi connectivity index (χ4v) is 3.36. The van der Waals surface area contributed by atoms with Crippen LogP contribution >= 0.6 is 0 Å². The van der Waals surface area contributed by atoms with E-state index in [9.17, 15) is 0 Å². The van der Waals surface area contributed by atoms with Crippen LogP contribution in [-0.2, 0) is 4.74 Å². The molecular formula is C13H25NO. The first-order valence-electron chi connectivity index (χ1n) is 6.48. The maximum Gasteiger partial charge on any atom is 0.0762 e. The first-order chi connectivity index (χ1) is 7.11. The minimum Gasteiger partial charge on any atom is -0.376 e. The largest absolute Gasteiger partial charge is 0.376 e. The van der Waals surface area contributed by atoms with Gasteiger partial charge in [-0.25, -0.2) is 0 Å². The fraction of sp³-hybridized carbons (Fsp3) is 1.00. The molecule has 0 aromatic heterocycles. The molecule has 0 aromatic rings. The summed E-state index contributed by atoms with van der Waals surface area (Å²) in [6.45, 7) is 11.6. The first kappa shape index (κ1) is 11.4. The Morgan fingerprint density at radius 2 is 1.87 bits per heavy atom. The number of piperidine rings is 1. The van der Waals surface area contributed by atoms with Gasteiger partial charge in [0.25, 0.3) is 0 Å². The number of nitrogens with zero attached hydrogens (tertiary/aromatic N) is 1. The Morgan fingerprint density at radius 3 is 2.47 bits per heavy atom. The zero-order valence-corrected chi connectivity index (χ0v) is 10.6. The van der Waals surface area contributed by atoms with E-state index in [2.05, 4.69) is 32.6 Å². The predicted octanol–water partition coefficient (Wildman–Crippen LogP) is 2.53. The van der Waals surface area contributed by atoms with Gasteiger partial charge in [-0.05, 0) is 45.1 Å². The number of hydrogen-bond donors (Lipinski definition) is 0. The van der Waals surface area contributed by atoms with Gasteiger partial charge in [0.2, 0.25) is 0 Å². The highest BCUT2D eigenvalue weighted by Crippen LogP contribution is 2.37. The van der Waals surface area contributed by atoms with Crippen molar-refractivity contribution in [2.24, 2.45) is 11.8 Å². The Labute approximate surface area is 94.0 Å². The molecule has 0 spiro atoms. The lowest BCUT2D eigenvalue weighted by Crippen LogP contribution is -2.56. The maximum atomic E-state index is 5.97. The van der Waals surface area contributed by atoms with Gasteiger partial charge in [0.1, 0.15) is 0 Å². The summed E-state index contributed by atoms with van der Waals surface area (Å²) in [6.07, 6.45) is 3.15. The van der Waals surface area contributed by atoms with Crippen molar-refractivity contribution < 1.29 is 4.74 Å². The van der Waals surface area contributed by atoms with Crippen LogP contribution in [-0.4, -0.2) is 36.2 Å². The molecule has 2 nitrogen and oxygen atoms in total. The Hall–Kier alpha value is -0.0800. The van der Waals surface area contributed by atoms with Crippen molar-refractivity contribution in [2.45, 2.75) is 58.7 Å². The molecule has 2 rings (SSSR count). The van der Waals surface area contributed by atoms with Crippen molar-refractivity contribution in [2.75, 3.05) is 13.2 Å². The van der Waals surface area contributed by atoms with Crippen LogP contribution in [0, 0.1) is 11.8 Å². The third-order valence-corrected chi connectivity index (χ3v) is 4.09. The second-order valence-electron chi connectivity index (χ2n) is 5.74. The number of hydrogen-bond acceptors (Lipinski definition) is 2. The van der Waals surface area contributed by atoms with E-state index in [1.165, 1.54) is 19.4 Å². The second-order valence-corrected chi connectivity index (χ2v) is 5.74. The molecule has 0 radical (unpaired) electrons. The molecule has 0 N–H and O–H groups in total. The van der Waals surface area contributed by atoms with E-state index in [1.54, 1.807) is 0 Å². The molecule has 2 heteroatoms. The minimum absolute atomic E-state index is 0.515. The molecule has 15 heavy (non-hydrogen) atoms. The molecule has 2 fully saturated rings. The molecule has 2 aliphatic heterocycles. The summed E-state index contributed by atoms with van der Waals surface area (Å²) < 4.78 is 5.97. The van der Waals surface area contributed by atoms with Crippen LogP contribution in [0.25, 0.3) is 0 Å². The van der Waals surface area contributed by atoms with Crippen molar-refractivity contribution in [3.8, 4) is 0 Å². The van der Waals surface area contributed by atoms with Crippen LogP contribution in [0.3, 0.4) is 0 Å². The van der Waals surface area contributed by atoms with E-state index in [0.29, 0.717) is 24.1 Å². The first-order valence-corrected chi connectivity index (χ1v) is 6.48. The Morgan fingerprint density at radius 1 is 1.13 bits per heavy atom. The number of fused-ring (bicyclic) bond motifs is 1. The molecule has 3 atom stereocenters. The molecule has 0 aromatic carbocycles. The highest BCUT2D eigenvalue weighted by molar-refractivity contribution is 4.95. The SMILES string of the molecule is CC(C)C1C2OCCC2CCN1C(C)C. The zero-order valence-electron chi connectivity index (χ0n) is 10.6. The van der Waals surface area contributed by atoms with Gasteiger partial charge in [0.05, 0.1) is 6.10 Å². The van der Waals surface area contributed by atoms with Gasteiger partial charge in [-0.2, -0.15) is 0 Å². The molecule has 0 saturated carbocycles. The molecule has 88 valence electrons. The van der Waals surface area contributed by atoms with Gasteiger partial charge in [-0.15, -0.1) is 0 Å². The van der Waals surface area contributed by atoms with Crippen LogP contribution in [0.4, 0.5) is 0 Å². The van der Waals surface area contributed by atoms with Crippen molar-refractivity contribution >= 4 is 0 Å². The molecular weight excluding hydrogens is 186 g/mol. The zero-order chi connectivity index (χ0) is 11.0. The van der Waals surface area contributed by atoms with Gasteiger partial charge < -0.3 is 4.74 Å². The Bertz CT molecular complexity index is 213. The molecule has 0 bridgehead atoms. The Balaban J connectivity index is 2.14. The molecule has 2 aliphatic rings. The number of rotatable bonds is 2. The molecule has 0 amide bonds. The summed E-state index contributed by atoms with van der Waals surface area (Å²) in [7, 11) is 0. The van der Waals surface area contributed by atoms with Crippen LogP contribution in [0.2, 0.25) is 0 Å². The third kappa shape index (κ3) is 2.07.